The van der Waals surface area contributed by atoms with E-state index in [0.717, 1.165) is 23.1 Å². The van der Waals surface area contributed by atoms with E-state index in [4.69, 9.17) is 11.5 Å². The van der Waals surface area contributed by atoms with E-state index in [-0.39, 0.29) is 0 Å². The van der Waals surface area contributed by atoms with Crippen LogP contribution in [0.2, 0.25) is 0 Å². The number of rotatable bonds is 2. The summed E-state index contributed by atoms with van der Waals surface area (Å²) in [6.45, 7) is 3.38. The Bertz CT molecular complexity index is 458. The van der Waals surface area contributed by atoms with Gasteiger partial charge in [-0.1, -0.05) is 12.1 Å². The molecule has 0 aliphatic heterocycles. The van der Waals surface area contributed by atoms with Crippen LogP contribution >= 0.6 is 0 Å². The van der Waals surface area contributed by atoms with Gasteiger partial charge in [-0.25, -0.2) is 4.98 Å². The van der Waals surface area contributed by atoms with Gasteiger partial charge < -0.3 is 16.0 Å². The van der Waals surface area contributed by atoms with Gasteiger partial charge in [-0.05, 0) is 18.6 Å². The number of anilines is 1. The number of imidazole rings is 1. The van der Waals surface area contributed by atoms with Gasteiger partial charge in [0.05, 0.1) is 11.0 Å². The minimum Gasteiger partial charge on any atom is -0.369 e. The highest BCUT2D eigenvalue weighted by Crippen LogP contribution is 2.21. The monoisotopic (exact) mass is 190 g/mol. The topological polar surface area (TPSA) is 69.9 Å². The molecule has 0 amide bonds. The van der Waals surface area contributed by atoms with Crippen LogP contribution in [0.4, 0.5) is 5.95 Å². The Hall–Kier alpha value is -1.55. The molecule has 0 bridgehead atoms. The molecule has 1 aromatic heterocycles. The Morgan fingerprint density at radius 1 is 1.43 bits per heavy atom. The van der Waals surface area contributed by atoms with Gasteiger partial charge in [0.1, 0.15) is 0 Å². The molecule has 0 fully saturated rings. The molecule has 4 N–H and O–H groups in total. The molecule has 1 aromatic carbocycles. The fourth-order valence-electron chi connectivity index (χ4n) is 1.76. The summed E-state index contributed by atoms with van der Waals surface area (Å²) in [5, 5.41) is 0. The molecule has 0 aliphatic rings. The lowest BCUT2D eigenvalue weighted by atomic mass is 10.2. The summed E-state index contributed by atoms with van der Waals surface area (Å²) < 4.78 is 1.98. The van der Waals surface area contributed by atoms with Crippen molar-refractivity contribution >= 4 is 17.0 Å². The summed E-state index contributed by atoms with van der Waals surface area (Å²) in [5.41, 5.74) is 14.5. The Balaban J connectivity index is 2.82. The predicted molar refractivity (Wildman–Crippen MR) is 57.7 cm³/mol. The van der Waals surface area contributed by atoms with E-state index in [1.807, 2.05) is 29.7 Å². The first-order valence-corrected chi connectivity index (χ1v) is 4.71. The van der Waals surface area contributed by atoms with Crippen molar-refractivity contribution in [1.29, 1.82) is 0 Å². The number of fused-ring (bicyclic) bond motifs is 1. The lowest BCUT2D eigenvalue weighted by molar-refractivity contribution is 0.795. The fraction of sp³-hybridized carbons (Fsp3) is 0.300. The van der Waals surface area contributed by atoms with Crippen LogP contribution in [0.3, 0.4) is 0 Å². The fourth-order valence-corrected chi connectivity index (χ4v) is 1.76. The second-order valence-electron chi connectivity index (χ2n) is 3.20. The Kier molecular flexibility index (Phi) is 2.13. The smallest absolute Gasteiger partial charge is 0.201 e. The van der Waals surface area contributed by atoms with Gasteiger partial charge in [0, 0.05) is 13.1 Å². The van der Waals surface area contributed by atoms with Gasteiger partial charge in [-0.15, -0.1) is 0 Å². The Morgan fingerprint density at radius 2 is 2.21 bits per heavy atom. The van der Waals surface area contributed by atoms with Crippen LogP contribution in [0.15, 0.2) is 18.2 Å². The minimum absolute atomic E-state index is 0.516. The van der Waals surface area contributed by atoms with Crippen LogP contribution in [-0.2, 0) is 13.1 Å². The molecule has 0 atom stereocenters. The van der Waals surface area contributed by atoms with Crippen LogP contribution in [0.5, 0.6) is 0 Å². The quantitative estimate of drug-likeness (QED) is 0.745. The maximum atomic E-state index is 5.80. The average Bonchev–Trinajstić information content (AvgIpc) is 2.52. The maximum absolute atomic E-state index is 5.80. The summed E-state index contributed by atoms with van der Waals surface area (Å²) in [6.07, 6.45) is 0. The molecule has 74 valence electrons. The number of aryl methyl sites for hydroxylation is 1. The van der Waals surface area contributed by atoms with E-state index in [0.29, 0.717) is 12.5 Å². The maximum Gasteiger partial charge on any atom is 0.201 e. The van der Waals surface area contributed by atoms with Crippen LogP contribution in [0.1, 0.15) is 12.5 Å². The average molecular weight is 190 g/mol. The molecule has 2 aromatic rings. The molecule has 0 unspecified atom stereocenters. The summed E-state index contributed by atoms with van der Waals surface area (Å²) in [5.74, 6) is 0.559. The molecular formula is C10H14N4. The third kappa shape index (κ3) is 1.15. The highest BCUT2D eigenvalue weighted by atomic mass is 15.1. The zero-order valence-corrected chi connectivity index (χ0v) is 8.20. The molecule has 2 rings (SSSR count). The zero-order chi connectivity index (χ0) is 10.1. The normalized spacial score (nSPS) is 11.0. The van der Waals surface area contributed by atoms with Crippen molar-refractivity contribution in [2.24, 2.45) is 5.73 Å². The standard InChI is InChI=1S/C10H14N4/c1-2-14-9-7(6-11)4-3-5-8(9)13-10(14)12/h3-5H,2,6,11H2,1H3,(H2,12,13). The molecule has 0 spiro atoms. The van der Waals surface area contributed by atoms with Crippen molar-refractivity contribution in [3.63, 3.8) is 0 Å². The van der Waals surface area contributed by atoms with Crippen LogP contribution in [-0.4, -0.2) is 9.55 Å². The molecule has 0 aliphatic carbocycles. The summed E-state index contributed by atoms with van der Waals surface area (Å²) >= 11 is 0. The largest absolute Gasteiger partial charge is 0.369 e. The van der Waals surface area contributed by atoms with E-state index >= 15 is 0 Å². The van der Waals surface area contributed by atoms with Crippen LogP contribution < -0.4 is 11.5 Å². The van der Waals surface area contributed by atoms with Crippen molar-refractivity contribution in [1.82, 2.24) is 9.55 Å². The van der Waals surface area contributed by atoms with E-state index in [1.165, 1.54) is 0 Å². The van der Waals surface area contributed by atoms with Gasteiger partial charge in [-0.2, -0.15) is 0 Å². The predicted octanol–water partition coefficient (Wildman–Crippen LogP) is 1.10. The van der Waals surface area contributed by atoms with E-state index < -0.39 is 0 Å². The highest BCUT2D eigenvalue weighted by Gasteiger charge is 2.09. The number of nitrogens with zero attached hydrogens (tertiary/aromatic N) is 2. The van der Waals surface area contributed by atoms with E-state index in [1.54, 1.807) is 0 Å². The third-order valence-electron chi connectivity index (χ3n) is 2.42. The molecule has 4 nitrogen and oxygen atoms in total. The molecule has 0 saturated heterocycles. The Labute approximate surface area is 82.5 Å². The first-order chi connectivity index (χ1) is 6.77. The Morgan fingerprint density at radius 3 is 2.86 bits per heavy atom. The molecular weight excluding hydrogens is 176 g/mol. The second-order valence-corrected chi connectivity index (χ2v) is 3.20. The van der Waals surface area contributed by atoms with Crippen LogP contribution in [0.25, 0.3) is 11.0 Å². The number of para-hydroxylation sites is 1. The number of hydrogen-bond donors (Lipinski definition) is 2. The molecule has 0 radical (unpaired) electrons. The SMILES string of the molecule is CCn1c(N)nc2cccc(CN)c21. The number of hydrogen-bond acceptors (Lipinski definition) is 3. The highest BCUT2D eigenvalue weighted by molar-refractivity contribution is 5.81. The lowest BCUT2D eigenvalue weighted by Crippen LogP contribution is -2.04. The lowest BCUT2D eigenvalue weighted by Gasteiger charge is -2.05. The zero-order valence-electron chi connectivity index (χ0n) is 8.20. The first-order valence-electron chi connectivity index (χ1n) is 4.71. The summed E-state index contributed by atoms with van der Waals surface area (Å²) in [4.78, 5) is 4.28. The van der Waals surface area contributed by atoms with Crippen molar-refractivity contribution in [2.45, 2.75) is 20.0 Å². The molecule has 4 heteroatoms. The number of nitrogens with two attached hydrogens (primary N) is 2. The minimum atomic E-state index is 0.516. The molecule has 14 heavy (non-hydrogen) atoms. The van der Waals surface area contributed by atoms with Crippen molar-refractivity contribution in [3.05, 3.63) is 23.8 Å². The molecule has 0 saturated carbocycles. The van der Waals surface area contributed by atoms with Crippen molar-refractivity contribution in [2.75, 3.05) is 5.73 Å². The van der Waals surface area contributed by atoms with Crippen molar-refractivity contribution in [3.8, 4) is 0 Å². The van der Waals surface area contributed by atoms with Gasteiger partial charge >= 0.3 is 0 Å². The van der Waals surface area contributed by atoms with Gasteiger partial charge in [0.15, 0.2) is 0 Å². The van der Waals surface area contributed by atoms with E-state index in [9.17, 15) is 0 Å². The first kappa shape index (κ1) is 9.02. The van der Waals surface area contributed by atoms with E-state index in [2.05, 4.69) is 4.98 Å². The van der Waals surface area contributed by atoms with Gasteiger partial charge in [0.2, 0.25) is 5.95 Å². The number of benzene rings is 1. The summed E-state index contributed by atoms with van der Waals surface area (Å²) in [6, 6.07) is 5.92. The van der Waals surface area contributed by atoms with Gasteiger partial charge in [-0.3, -0.25) is 0 Å². The number of aromatic nitrogens is 2. The second kappa shape index (κ2) is 3.31. The van der Waals surface area contributed by atoms with Crippen LogP contribution in [0, 0.1) is 0 Å². The third-order valence-corrected chi connectivity index (χ3v) is 2.42. The number of nitrogen functional groups attached to an aromatic ring is 1. The van der Waals surface area contributed by atoms with Crippen molar-refractivity contribution < 1.29 is 0 Å². The van der Waals surface area contributed by atoms with Gasteiger partial charge in [0.25, 0.3) is 0 Å². The summed E-state index contributed by atoms with van der Waals surface area (Å²) in [7, 11) is 0. The molecule has 1 heterocycles.